The van der Waals surface area contributed by atoms with Crippen molar-refractivity contribution in [2.24, 2.45) is 5.92 Å². The topological polar surface area (TPSA) is 50.9 Å². The molecule has 1 aromatic carbocycles. The molecule has 21 heavy (non-hydrogen) atoms. The van der Waals surface area contributed by atoms with Gasteiger partial charge in [0, 0.05) is 18.3 Å². The minimum Gasteiger partial charge on any atom is -0.396 e. The summed E-state index contributed by atoms with van der Waals surface area (Å²) in [7, 11) is 0. The van der Waals surface area contributed by atoms with Crippen LogP contribution in [0.5, 0.6) is 0 Å². The highest BCUT2D eigenvalue weighted by molar-refractivity contribution is 6.35. The van der Waals surface area contributed by atoms with Gasteiger partial charge in [0.15, 0.2) is 0 Å². The minimum atomic E-state index is 0.499. The molecule has 0 aliphatic heterocycles. The SMILES string of the molecule is Nc1c(NCC2CC2)ccc(C#Cc2ccccn2)c1Cl. The Morgan fingerprint density at radius 3 is 2.81 bits per heavy atom. The normalized spacial score (nSPS) is 13.4. The third kappa shape index (κ3) is 3.48. The average Bonchev–Trinajstić information content (AvgIpc) is 3.33. The number of pyridine rings is 1. The Kier molecular flexibility index (Phi) is 3.98. The molecule has 106 valence electrons. The zero-order chi connectivity index (χ0) is 14.7. The summed E-state index contributed by atoms with van der Waals surface area (Å²) in [5.41, 5.74) is 8.96. The third-order valence-electron chi connectivity index (χ3n) is 3.45. The maximum atomic E-state index is 6.31. The van der Waals surface area contributed by atoms with E-state index in [0.29, 0.717) is 16.4 Å². The van der Waals surface area contributed by atoms with Crippen molar-refractivity contribution in [3.05, 3.63) is 52.8 Å². The second kappa shape index (κ2) is 6.07. The van der Waals surface area contributed by atoms with Crippen LogP contribution in [0.1, 0.15) is 24.1 Å². The molecule has 1 fully saturated rings. The van der Waals surface area contributed by atoms with Crippen LogP contribution in [0.25, 0.3) is 0 Å². The van der Waals surface area contributed by atoms with Gasteiger partial charge in [-0.15, -0.1) is 0 Å². The van der Waals surface area contributed by atoms with Crippen molar-refractivity contribution in [1.29, 1.82) is 0 Å². The van der Waals surface area contributed by atoms with E-state index in [1.165, 1.54) is 12.8 Å². The number of nitrogens with two attached hydrogens (primary N) is 1. The van der Waals surface area contributed by atoms with Gasteiger partial charge in [-0.05, 0) is 48.9 Å². The van der Waals surface area contributed by atoms with Gasteiger partial charge >= 0.3 is 0 Å². The summed E-state index contributed by atoms with van der Waals surface area (Å²) >= 11 is 6.31. The second-order valence-corrected chi connectivity index (χ2v) is 5.56. The van der Waals surface area contributed by atoms with E-state index >= 15 is 0 Å². The first-order chi connectivity index (χ1) is 10.2. The van der Waals surface area contributed by atoms with Crippen LogP contribution >= 0.6 is 11.6 Å². The number of hydrogen-bond acceptors (Lipinski definition) is 3. The van der Waals surface area contributed by atoms with E-state index in [9.17, 15) is 0 Å². The molecule has 1 aliphatic rings. The number of nitrogen functional groups attached to an aromatic ring is 1. The first-order valence-corrected chi connectivity index (χ1v) is 7.37. The van der Waals surface area contributed by atoms with E-state index in [2.05, 4.69) is 22.1 Å². The standard InChI is InChI=1S/C17H16ClN3/c18-16-13(6-8-14-3-1-2-10-20-14)7-9-15(17(16)19)21-11-12-4-5-12/h1-3,7,9-10,12,21H,4-5,11,19H2. The quantitative estimate of drug-likeness (QED) is 0.673. The lowest BCUT2D eigenvalue weighted by Crippen LogP contribution is -2.06. The molecule has 0 bridgehead atoms. The van der Waals surface area contributed by atoms with E-state index in [4.69, 9.17) is 17.3 Å². The molecule has 3 N–H and O–H groups in total. The zero-order valence-corrected chi connectivity index (χ0v) is 12.3. The Bertz CT molecular complexity index is 697. The molecule has 1 saturated carbocycles. The fourth-order valence-corrected chi connectivity index (χ4v) is 2.20. The summed E-state index contributed by atoms with van der Waals surface area (Å²) in [6, 6.07) is 9.44. The molecular formula is C17H16ClN3. The Balaban J connectivity index is 1.80. The van der Waals surface area contributed by atoms with Crippen molar-refractivity contribution >= 4 is 23.0 Å². The fraction of sp³-hybridized carbons (Fsp3) is 0.235. The molecule has 4 heteroatoms. The zero-order valence-electron chi connectivity index (χ0n) is 11.6. The second-order valence-electron chi connectivity index (χ2n) is 5.18. The van der Waals surface area contributed by atoms with Crippen LogP contribution in [0, 0.1) is 17.8 Å². The molecule has 1 heterocycles. The monoisotopic (exact) mass is 297 g/mol. The molecule has 0 saturated heterocycles. The summed E-state index contributed by atoms with van der Waals surface area (Å²) < 4.78 is 0. The first kappa shape index (κ1) is 13.8. The van der Waals surface area contributed by atoms with Gasteiger partial charge in [-0.2, -0.15) is 0 Å². The number of rotatable bonds is 3. The highest BCUT2D eigenvalue weighted by atomic mass is 35.5. The molecule has 0 spiro atoms. The van der Waals surface area contributed by atoms with Crippen LogP contribution in [-0.2, 0) is 0 Å². The van der Waals surface area contributed by atoms with E-state index < -0.39 is 0 Å². The van der Waals surface area contributed by atoms with Crippen LogP contribution in [0.15, 0.2) is 36.5 Å². The Labute approximate surface area is 129 Å². The summed E-state index contributed by atoms with van der Waals surface area (Å²) in [5, 5.41) is 3.85. The van der Waals surface area contributed by atoms with Crippen molar-refractivity contribution in [3.8, 4) is 11.8 Å². The van der Waals surface area contributed by atoms with Gasteiger partial charge in [-0.3, -0.25) is 0 Å². The largest absolute Gasteiger partial charge is 0.396 e. The smallest absolute Gasteiger partial charge is 0.113 e. The van der Waals surface area contributed by atoms with Gasteiger partial charge < -0.3 is 11.1 Å². The van der Waals surface area contributed by atoms with Crippen LogP contribution in [0.3, 0.4) is 0 Å². The predicted molar refractivity (Wildman–Crippen MR) is 87.3 cm³/mol. The van der Waals surface area contributed by atoms with Crippen molar-refractivity contribution in [2.75, 3.05) is 17.6 Å². The molecule has 2 aromatic rings. The molecule has 0 unspecified atom stereocenters. The van der Waals surface area contributed by atoms with Crippen LogP contribution in [0.4, 0.5) is 11.4 Å². The van der Waals surface area contributed by atoms with E-state index in [-0.39, 0.29) is 0 Å². The summed E-state index contributed by atoms with van der Waals surface area (Å²) in [4.78, 5) is 4.16. The van der Waals surface area contributed by atoms with Gasteiger partial charge in [0.25, 0.3) is 0 Å². The number of nitrogens with zero attached hydrogens (tertiary/aromatic N) is 1. The highest BCUT2D eigenvalue weighted by Crippen LogP contribution is 2.33. The van der Waals surface area contributed by atoms with Gasteiger partial charge in [0.2, 0.25) is 0 Å². The number of hydrogen-bond donors (Lipinski definition) is 2. The maximum Gasteiger partial charge on any atom is 0.113 e. The molecule has 1 aliphatic carbocycles. The molecular weight excluding hydrogens is 282 g/mol. The molecule has 3 rings (SSSR count). The van der Waals surface area contributed by atoms with E-state index in [1.54, 1.807) is 6.20 Å². The lowest BCUT2D eigenvalue weighted by Gasteiger charge is -2.11. The van der Waals surface area contributed by atoms with Gasteiger partial charge in [-0.1, -0.05) is 23.6 Å². The van der Waals surface area contributed by atoms with E-state index in [1.807, 2.05) is 30.3 Å². The predicted octanol–water partition coefficient (Wildman–Crippen LogP) is 3.54. The Morgan fingerprint density at radius 2 is 2.10 bits per heavy atom. The maximum absolute atomic E-state index is 6.31. The lowest BCUT2D eigenvalue weighted by atomic mass is 10.1. The number of anilines is 2. The summed E-state index contributed by atoms with van der Waals surface area (Å²) in [5.74, 6) is 6.79. The molecule has 0 radical (unpaired) electrons. The average molecular weight is 298 g/mol. The van der Waals surface area contributed by atoms with Crippen LogP contribution < -0.4 is 11.1 Å². The van der Waals surface area contributed by atoms with Crippen molar-refractivity contribution < 1.29 is 0 Å². The van der Waals surface area contributed by atoms with Crippen LogP contribution in [-0.4, -0.2) is 11.5 Å². The van der Waals surface area contributed by atoms with Gasteiger partial charge in [0.05, 0.1) is 16.4 Å². The molecule has 1 aromatic heterocycles. The molecule has 0 amide bonds. The first-order valence-electron chi connectivity index (χ1n) is 6.99. The van der Waals surface area contributed by atoms with Crippen molar-refractivity contribution in [1.82, 2.24) is 4.98 Å². The highest BCUT2D eigenvalue weighted by Gasteiger charge is 2.21. The van der Waals surface area contributed by atoms with Crippen molar-refractivity contribution in [3.63, 3.8) is 0 Å². The Morgan fingerprint density at radius 1 is 1.24 bits per heavy atom. The number of halogens is 1. The van der Waals surface area contributed by atoms with Gasteiger partial charge in [-0.25, -0.2) is 4.98 Å². The van der Waals surface area contributed by atoms with Crippen molar-refractivity contribution in [2.45, 2.75) is 12.8 Å². The molecule has 3 nitrogen and oxygen atoms in total. The minimum absolute atomic E-state index is 0.499. The van der Waals surface area contributed by atoms with Crippen LogP contribution in [0.2, 0.25) is 5.02 Å². The number of benzene rings is 1. The molecule has 0 atom stereocenters. The Hall–Kier alpha value is -2.18. The fourth-order valence-electron chi connectivity index (χ4n) is 1.99. The number of nitrogens with one attached hydrogen (secondary N) is 1. The summed E-state index contributed by atoms with van der Waals surface area (Å²) in [6.45, 7) is 0.958. The lowest BCUT2D eigenvalue weighted by molar-refractivity contribution is 0.890. The van der Waals surface area contributed by atoms with E-state index in [0.717, 1.165) is 23.7 Å². The summed E-state index contributed by atoms with van der Waals surface area (Å²) in [6.07, 6.45) is 4.31. The number of aromatic nitrogens is 1. The third-order valence-corrected chi connectivity index (χ3v) is 3.86. The van der Waals surface area contributed by atoms with Gasteiger partial charge in [0.1, 0.15) is 5.69 Å².